The van der Waals surface area contributed by atoms with E-state index in [1.54, 1.807) is 18.2 Å². The lowest BCUT2D eigenvalue weighted by Gasteiger charge is -2.18. The highest BCUT2D eigenvalue weighted by atomic mass is 19.4. The fourth-order valence-corrected chi connectivity index (χ4v) is 7.18. The van der Waals surface area contributed by atoms with Gasteiger partial charge in [0.1, 0.15) is 0 Å². The van der Waals surface area contributed by atoms with Gasteiger partial charge >= 0.3 is 6.18 Å². The first-order chi connectivity index (χ1) is 26.9. The molecule has 8 heteroatoms. The third-order valence-corrected chi connectivity index (χ3v) is 9.72. The van der Waals surface area contributed by atoms with Gasteiger partial charge in [0.25, 0.3) is 0 Å². The molecule has 0 radical (unpaired) electrons. The Balaban J connectivity index is 1.35. The number of rotatable bonds is 6. The summed E-state index contributed by atoms with van der Waals surface area (Å²) >= 11 is 0. The van der Waals surface area contributed by atoms with Crippen LogP contribution in [0, 0.1) is 11.3 Å². The summed E-state index contributed by atoms with van der Waals surface area (Å²) in [5.41, 5.74) is 6.37. The van der Waals surface area contributed by atoms with Crippen molar-refractivity contribution in [3.63, 3.8) is 0 Å². The van der Waals surface area contributed by atoms with Crippen molar-refractivity contribution in [2.75, 3.05) is 0 Å². The van der Waals surface area contributed by atoms with E-state index in [9.17, 15) is 18.4 Å². The molecule has 0 saturated carbocycles. The largest absolute Gasteiger partial charge is 0.417 e. The molecule has 0 fully saturated rings. The van der Waals surface area contributed by atoms with E-state index >= 15 is 0 Å². The molecule has 0 aliphatic carbocycles. The minimum atomic E-state index is -4.61. The molecule has 2 heterocycles. The maximum Gasteiger partial charge on any atom is 0.417 e. The molecule has 9 rings (SSSR count). The lowest BCUT2D eigenvalue weighted by Crippen LogP contribution is -2.08. The molecule has 0 atom stereocenters. The molecule has 0 aliphatic rings. The SMILES string of the molecule is N#Cc1cccc(-c2ccc3c4ccccc4n(-c4ccc(-c5ccccc5C(F)(F)F)c(-c5nc(-c6ccccc6)nc(-c6ccccc6)n5)c4)c3c2)c1. The number of hydrogen-bond donors (Lipinski definition) is 0. The number of alkyl halides is 3. The zero-order valence-electron chi connectivity index (χ0n) is 29.0. The van der Waals surface area contributed by atoms with Crippen LogP contribution >= 0.6 is 0 Å². The van der Waals surface area contributed by atoms with E-state index < -0.39 is 11.7 Å². The van der Waals surface area contributed by atoms with Crippen molar-refractivity contribution in [1.82, 2.24) is 19.5 Å². The molecule has 5 nitrogen and oxygen atoms in total. The number of hydrogen-bond acceptors (Lipinski definition) is 4. The van der Waals surface area contributed by atoms with Crippen molar-refractivity contribution in [1.29, 1.82) is 5.26 Å². The molecule has 7 aromatic carbocycles. The first-order valence-corrected chi connectivity index (χ1v) is 17.6. The van der Waals surface area contributed by atoms with Crippen LogP contribution in [0.25, 0.3) is 83.9 Å². The Kier molecular flexibility index (Phi) is 8.25. The second-order valence-corrected chi connectivity index (χ2v) is 13.1. The number of nitrogens with zero attached hydrogens (tertiary/aromatic N) is 5. The lowest BCUT2D eigenvalue weighted by atomic mass is 9.94. The number of nitriles is 1. The summed E-state index contributed by atoms with van der Waals surface area (Å²) < 4.78 is 46.1. The van der Waals surface area contributed by atoms with Crippen LogP contribution in [0.2, 0.25) is 0 Å². The van der Waals surface area contributed by atoms with Gasteiger partial charge in [0.15, 0.2) is 17.5 Å². The van der Waals surface area contributed by atoms with Crippen LogP contribution in [0.3, 0.4) is 0 Å². The maximum absolute atomic E-state index is 14.7. The van der Waals surface area contributed by atoms with Gasteiger partial charge in [-0.3, -0.25) is 0 Å². The average molecular weight is 720 g/mol. The molecular weight excluding hydrogens is 692 g/mol. The minimum Gasteiger partial charge on any atom is -0.309 e. The summed E-state index contributed by atoms with van der Waals surface area (Å²) in [4.78, 5) is 14.7. The van der Waals surface area contributed by atoms with Crippen LogP contribution in [0.5, 0.6) is 0 Å². The zero-order chi connectivity index (χ0) is 37.5. The lowest BCUT2D eigenvalue weighted by molar-refractivity contribution is -0.137. The molecule has 0 bridgehead atoms. The number of fused-ring (bicyclic) bond motifs is 3. The van der Waals surface area contributed by atoms with Crippen molar-refractivity contribution in [3.8, 4) is 68.2 Å². The van der Waals surface area contributed by atoms with Crippen LogP contribution in [-0.2, 0) is 6.18 Å². The summed E-state index contributed by atoms with van der Waals surface area (Å²) in [6.45, 7) is 0. The second-order valence-electron chi connectivity index (χ2n) is 13.1. The molecule has 2 aromatic heterocycles. The fourth-order valence-electron chi connectivity index (χ4n) is 7.18. The quantitative estimate of drug-likeness (QED) is 0.172. The Labute approximate surface area is 314 Å². The Bertz CT molecular complexity index is 2870. The van der Waals surface area contributed by atoms with E-state index in [-0.39, 0.29) is 11.4 Å². The second kappa shape index (κ2) is 13.6. The van der Waals surface area contributed by atoms with Gasteiger partial charge in [-0.2, -0.15) is 18.4 Å². The van der Waals surface area contributed by atoms with Gasteiger partial charge in [0.05, 0.1) is 28.2 Å². The predicted molar refractivity (Wildman–Crippen MR) is 211 cm³/mol. The number of aromatic nitrogens is 4. The van der Waals surface area contributed by atoms with Crippen molar-refractivity contribution in [2.24, 2.45) is 0 Å². The molecule has 0 N–H and O–H groups in total. The fraction of sp³-hybridized carbons (Fsp3) is 0.0213. The van der Waals surface area contributed by atoms with Gasteiger partial charge in [-0.25, -0.2) is 15.0 Å². The van der Waals surface area contributed by atoms with E-state index in [0.717, 1.165) is 50.1 Å². The molecule has 0 amide bonds. The van der Waals surface area contributed by atoms with Gasteiger partial charge in [0, 0.05) is 33.2 Å². The summed E-state index contributed by atoms with van der Waals surface area (Å²) in [6.07, 6.45) is -4.61. The normalized spacial score (nSPS) is 11.5. The van der Waals surface area contributed by atoms with E-state index in [1.165, 1.54) is 12.1 Å². The van der Waals surface area contributed by atoms with Crippen molar-refractivity contribution >= 4 is 21.8 Å². The molecule has 262 valence electrons. The summed E-state index contributed by atoms with van der Waals surface area (Å²) in [6, 6.07) is 53.9. The van der Waals surface area contributed by atoms with Gasteiger partial charge in [-0.05, 0) is 64.7 Å². The highest BCUT2D eigenvalue weighted by Gasteiger charge is 2.34. The minimum absolute atomic E-state index is 0.0152. The first-order valence-electron chi connectivity index (χ1n) is 17.6. The van der Waals surface area contributed by atoms with Crippen molar-refractivity contribution in [2.45, 2.75) is 6.18 Å². The summed E-state index contributed by atoms with van der Waals surface area (Å²) in [7, 11) is 0. The number of halogens is 3. The van der Waals surface area contributed by atoms with Crippen LogP contribution in [0.4, 0.5) is 13.2 Å². The molecule has 0 unspecified atom stereocenters. The maximum atomic E-state index is 14.7. The van der Waals surface area contributed by atoms with Crippen molar-refractivity contribution < 1.29 is 13.2 Å². The van der Waals surface area contributed by atoms with E-state index in [0.29, 0.717) is 34.0 Å². The smallest absolute Gasteiger partial charge is 0.309 e. The topological polar surface area (TPSA) is 67.4 Å². The van der Waals surface area contributed by atoms with Gasteiger partial charge in [-0.15, -0.1) is 0 Å². The Morgan fingerprint density at radius 2 is 1.05 bits per heavy atom. The van der Waals surface area contributed by atoms with Gasteiger partial charge in [-0.1, -0.05) is 127 Å². The zero-order valence-corrected chi connectivity index (χ0v) is 29.0. The molecule has 55 heavy (non-hydrogen) atoms. The number of para-hydroxylation sites is 1. The summed E-state index contributed by atoms with van der Waals surface area (Å²) in [5.74, 6) is 1.02. The average Bonchev–Trinajstić information content (AvgIpc) is 3.57. The Morgan fingerprint density at radius 1 is 0.455 bits per heavy atom. The van der Waals surface area contributed by atoms with Gasteiger partial charge < -0.3 is 4.57 Å². The highest BCUT2D eigenvalue weighted by Crippen LogP contribution is 2.43. The third-order valence-electron chi connectivity index (χ3n) is 9.72. The van der Waals surface area contributed by atoms with Crippen molar-refractivity contribution in [3.05, 3.63) is 181 Å². The molecule has 0 spiro atoms. The van der Waals surface area contributed by atoms with Crippen LogP contribution in [-0.4, -0.2) is 19.5 Å². The van der Waals surface area contributed by atoms with Crippen LogP contribution in [0.15, 0.2) is 170 Å². The molecule has 0 aliphatic heterocycles. The van der Waals surface area contributed by atoms with E-state index in [2.05, 4.69) is 28.8 Å². The first kappa shape index (κ1) is 33.5. The Hall–Kier alpha value is -7.37. The van der Waals surface area contributed by atoms with E-state index in [1.807, 2.05) is 115 Å². The molecular formula is C47H28F3N5. The molecule has 0 saturated heterocycles. The highest BCUT2D eigenvalue weighted by molar-refractivity contribution is 6.10. The summed E-state index contributed by atoms with van der Waals surface area (Å²) in [5, 5.41) is 11.6. The third kappa shape index (κ3) is 6.18. The molecule has 9 aromatic rings. The van der Waals surface area contributed by atoms with Gasteiger partial charge in [0.2, 0.25) is 0 Å². The monoisotopic (exact) mass is 719 g/mol. The Morgan fingerprint density at radius 3 is 1.76 bits per heavy atom. The number of benzene rings is 7. The van der Waals surface area contributed by atoms with Crippen LogP contribution < -0.4 is 0 Å². The van der Waals surface area contributed by atoms with Crippen LogP contribution in [0.1, 0.15) is 11.1 Å². The standard InChI is InChI=1S/C47H28F3N5/c48-47(49,50)41-20-9-7-18-37(41)36-25-23-35(28-40(36)46-53-44(31-13-3-1-4-14-31)52-45(54-46)32-15-5-2-6-16-32)55-42-21-10-8-19-38(42)39-24-22-34(27-43(39)55)33-17-11-12-30(26-33)29-51/h1-28H. The predicted octanol–water partition coefficient (Wildman–Crippen LogP) is 12.2. The van der Waals surface area contributed by atoms with E-state index in [4.69, 9.17) is 15.0 Å².